The number of hydrogen-bond donors (Lipinski definition) is 2. The number of thiophene rings is 1. The number of carbonyl (C=O) groups is 1. The van der Waals surface area contributed by atoms with Crippen LogP contribution in [0.4, 0.5) is 0 Å². The van der Waals surface area contributed by atoms with Crippen LogP contribution in [0.1, 0.15) is 28.7 Å². The van der Waals surface area contributed by atoms with Gasteiger partial charge in [-0.25, -0.2) is 0 Å². The van der Waals surface area contributed by atoms with Gasteiger partial charge in [-0.3, -0.25) is 4.79 Å². The van der Waals surface area contributed by atoms with Crippen LogP contribution in [0.15, 0.2) is 22.7 Å². The van der Waals surface area contributed by atoms with Crippen molar-refractivity contribution in [3.05, 3.63) is 32.4 Å². The van der Waals surface area contributed by atoms with Crippen molar-refractivity contribution in [3.8, 4) is 0 Å². The molecule has 0 aliphatic heterocycles. The number of aliphatic hydroxyl groups excluding tert-OH is 1. The van der Waals surface area contributed by atoms with Crippen molar-refractivity contribution in [1.29, 1.82) is 0 Å². The summed E-state index contributed by atoms with van der Waals surface area (Å²) in [5, 5.41) is 19.6. The van der Waals surface area contributed by atoms with Gasteiger partial charge in [0.1, 0.15) is 0 Å². The van der Waals surface area contributed by atoms with E-state index >= 15 is 0 Å². The minimum Gasteiger partial charge on any atom is -0.481 e. The predicted molar refractivity (Wildman–Crippen MR) is 74.7 cm³/mol. The zero-order chi connectivity index (χ0) is 13.3. The van der Waals surface area contributed by atoms with Crippen LogP contribution in [-0.2, 0) is 4.79 Å². The van der Waals surface area contributed by atoms with Crippen LogP contribution in [0.5, 0.6) is 0 Å². The molecule has 1 aliphatic carbocycles. The number of carboxylic acid groups (broad SMARTS) is 1. The number of rotatable bonds is 3. The highest BCUT2D eigenvalue weighted by molar-refractivity contribution is 9.10. The lowest BCUT2D eigenvalue weighted by Crippen LogP contribution is -2.29. The first-order valence-corrected chi connectivity index (χ1v) is 7.43. The second-order valence-electron chi connectivity index (χ2n) is 4.55. The second-order valence-corrected chi connectivity index (χ2v) is 6.69. The third-order valence-electron chi connectivity index (χ3n) is 3.37. The summed E-state index contributed by atoms with van der Waals surface area (Å²) in [5.74, 6) is -1.56. The minimum atomic E-state index is -0.823. The Bertz CT molecular complexity index is 461. The largest absolute Gasteiger partial charge is 0.481 e. The van der Waals surface area contributed by atoms with E-state index in [1.807, 2.05) is 25.1 Å². The Kier molecular flexibility index (Phi) is 4.25. The maximum absolute atomic E-state index is 11.2. The molecule has 0 aromatic carbocycles. The molecule has 3 atom stereocenters. The molecule has 0 saturated heterocycles. The van der Waals surface area contributed by atoms with Crippen LogP contribution in [0.2, 0.25) is 0 Å². The number of allylic oxidation sites excluding steroid dienone is 2. The third-order valence-corrected chi connectivity index (χ3v) is 5.58. The van der Waals surface area contributed by atoms with E-state index in [0.717, 1.165) is 14.2 Å². The van der Waals surface area contributed by atoms with E-state index < -0.39 is 18.0 Å². The summed E-state index contributed by atoms with van der Waals surface area (Å²) in [4.78, 5) is 13.2. The van der Waals surface area contributed by atoms with Crippen LogP contribution in [0.3, 0.4) is 0 Å². The summed E-state index contributed by atoms with van der Waals surface area (Å²) < 4.78 is 0.972. The van der Waals surface area contributed by atoms with Gasteiger partial charge in [0.2, 0.25) is 0 Å². The normalized spacial score (nSPS) is 25.1. The number of hydrogen-bond acceptors (Lipinski definition) is 3. The summed E-state index contributed by atoms with van der Waals surface area (Å²) in [6, 6.07) is 1.89. The fourth-order valence-corrected chi connectivity index (χ4v) is 3.93. The molecule has 1 aliphatic rings. The lowest BCUT2D eigenvalue weighted by atomic mass is 9.79. The maximum Gasteiger partial charge on any atom is 0.307 e. The highest BCUT2D eigenvalue weighted by Gasteiger charge is 2.35. The quantitative estimate of drug-likeness (QED) is 0.833. The van der Waals surface area contributed by atoms with Crippen molar-refractivity contribution in [2.24, 2.45) is 11.8 Å². The standard InChI is InChI=1S/C13H15BrO3S/c1-7-10(14)6-11(18-7)12(15)8-4-2-3-5-9(8)13(16)17/h2-3,6,8-9,12,15H,4-5H2,1H3,(H,16,17). The Balaban J connectivity index is 2.23. The van der Waals surface area contributed by atoms with Crippen molar-refractivity contribution >= 4 is 33.2 Å². The molecule has 1 heterocycles. The summed E-state index contributed by atoms with van der Waals surface area (Å²) in [5.41, 5.74) is 0. The van der Waals surface area contributed by atoms with Gasteiger partial charge in [0.15, 0.2) is 0 Å². The molecule has 3 unspecified atom stereocenters. The van der Waals surface area contributed by atoms with Gasteiger partial charge in [-0.15, -0.1) is 11.3 Å². The first-order valence-electron chi connectivity index (χ1n) is 5.82. The van der Waals surface area contributed by atoms with E-state index in [4.69, 9.17) is 0 Å². The van der Waals surface area contributed by atoms with Gasteiger partial charge in [0, 0.05) is 20.1 Å². The Hall–Kier alpha value is -0.650. The average Bonchev–Trinajstić information content (AvgIpc) is 2.68. The molecule has 18 heavy (non-hydrogen) atoms. The van der Waals surface area contributed by atoms with Crippen molar-refractivity contribution in [2.45, 2.75) is 25.9 Å². The number of halogens is 1. The zero-order valence-corrected chi connectivity index (χ0v) is 12.4. The lowest BCUT2D eigenvalue weighted by Gasteiger charge is -2.28. The molecule has 2 N–H and O–H groups in total. The van der Waals surface area contributed by atoms with Crippen LogP contribution in [0.25, 0.3) is 0 Å². The molecule has 0 fully saturated rings. The van der Waals surface area contributed by atoms with Crippen molar-refractivity contribution < 1.29 is 15.0 Å². The molecule has 98 valence electrons. The minimum absolute atomic E-state index is 0.238. The molecule has 3 nitrogen and oxygen atoms in total. The first kappa shape index (κ1) is 13.8. The summed E-state index contributed by atoms with van der Waals surface area (Å²) in [7, 11) is 0. The molecule has 5 heteroatoms. The number of aryl methyl sites for hydroxylation is 1. The summed E-state index contributed by atoms with van der Waals surface area (Å²) in [6.45, 7) is 1.97. The van der Waals surface area contributed by atoms with Crippen LogP contribution in [0, 0.1) is 18.8 Å². The second kappa shape index (κ2) is 5.55. The molecule has 0 radical (unpaired) electrons. The fraction of sp³-hybridized carbons (Fsp3) is 0.462. The molecule has 0 amide bonds. The third kappa shape index (κ3) is 2.68. The van der Waals surface area contributed by atoms with Gasteiger partial charge in [-0.2, -0.15) is 0 Å². The van der Waals surface area contributed by atoms with Gasteiger partial charge in [0.25, 0.3) is 0 Å². The molecular formula is C13H15BrO3S. The average molecular weight is 331 g/mol. The lowest BCUT2D eigenvalue weighted by molar-refractivity contribution is -0.145. The van der Waals surface area contributed by atoms with Crippen molar-refractivity contribution in [2.75, 3.05) is 0 Å². The zero-order valence-electron chi connectivity index (χ0n) is 9.97. The number of aliphatic hydroxyl groups is 1. The van der Waals surface area contributed by atoms with Gasteiger partial charge >= 0.3 is 5.97 Å². The first-order chi connectivity index (χ1) is 8.50. The Morgan fingerprint density at radius 3 is 2.72 bits per heavy atom. The molecule has 1 aromatic rings. The maximum atomic E-state index is 11.2. The molecule has 0 spiro atoms. The van der Waals surface area contributed by atoms with Crippen LogP contribution >= 0.6 is 27.3 Å². The van der Waals surface area contributed by atoms with E-state index in [2.05, 4.69) is 15.9 Å². The molecular weight excluding hydrogens is 316 g/mol. The number of carboxylic acids is 1. The predicted octanol–water partition coefficient (Wildman–Crippen LogP) is 3.52. The monoisotopic (exact) mass is 330 g/mol. The Morgan fingerprint density at radius 2 is 2.17 bits per heavy atom. The topological polar surface area (TPSA) is 57.5 Å². The van der Waals surface area contributed by atoms with E-state index in [0.29, 0.717) is 12.8 Å². The Morgan fingerprint density at radius 1 is 1.50 bits per heavy atom. The molecule has 2 rings (SSSR count). The molecule has 0 saturated carbocycles. The molecule has 1 aromatic heterocycles. The van der Waals surface area contributed by atoms with Crippen LogP contribution < -0.4 is 0 Å². The highest BCUT2D eigenvalue weighted by atomic mass is 79.9. The highest BCUT2D eigenvalue weighted by Crippen LogP contribution is 2.40. The van der Waals surface area contributed by atoms with E-state index in [1.54, 1.807) is 0 Å². The smallest absolute Gasteiger partial charge is 0.307 e. The molecule has 0 bridgehead atoms. The van der Waals surface area contributed by atoms with Gasteiger partial charge in [-0.1, -0.05) is 12.2 Å². The van der Waals surface area contributed by atoms with E-state index in [-0.39, 0.29) is 5.92 Å². The number of aliphatic carboxylic acids is 1. The summed E-state index contributed by atoms with van der Waals surface area (Å²) >= 11 is 4.94. The van der Waals surface area contributed by atoms with E-state index in [9.17, 15) is 15.0 Å². The van der Waals surface area contributed by atoms with Gasteiger partial charge in [0.05, 0.1) is 12.0 Å². The fourth-order valence-electron chi connectivity index (χ4n) is 2.31. The van der Waals surface area contributed by atoms with Crippen LogP contribution in [-0.4, -0.2) is 16.2 Å². The Labute approximate surface area is 118 Å². The SMILES string of the molecule is Cc1sc(C(O)C2CC=CCC2C(=O)O)cc1Br. The van der Waals surface area contributed by atoms with Crippen molar-refractivity contribution in [3.63, 3.8) is 0 Å². The van der Waals surface area contributed by atoms with Crippen molar-refractivity contribution in [1.82, 2.24) is 0 Å². The van der Waals surface area contributed by atoms with E-state index in [1.165, 1.54) is 11.3 Å². The van der Waals surface area contributed by atoms with Gasteiger partial charge < -0.3 is 10.2 Å². The summed E-state index contributed by atoms with van der Waals surface area (Å²) in [6.07, 6.45) is 4.27. The van der Waals surface area contributed by atoms with Gasteiger partial charge in [-0.05, 0) is 41.8 Å².